The van der Waals surface area contributed by atoms with Crippen LogP contribution in [-0.4, -0.2) is 37.0 Å². The molecular weight excluding hydrogens is 282 g/mol. The molecule has 118 valence electrons. The van der Waals surface area contributed by atoms with Crippen molar-refractivity contribution in [3.8, 4) is 0 Å². The van der Waals surface area contributed by atoms with Crippen LogP contribution < -0.4 is 0 Å². The predicted molar refractivity (Wildman–Crippen MR) is 78.9 cm³/mol. The summed E-state index contributed by atoms with van der Waals surface area (Å²) in [6, 6.07) is -0.0992. The van der Waals surface area contributed by atoms with E-state index in [1.54, 1.807) is 6.20 Å². The lowest BCUT2D eigenvalue weighted by atomic mass is 10.0. The second-order valence-electron chi connectivity index (χ2n) is 5.60. The zero-order valence-electron chi connectivity index (χ0n) is 13.0. The van der Waals surface area contributed by atoms with E-state index in [0.29, 0.717) is 18.3 Å². The second kappa shape index (κ2) is 6.29. The molecule has 7 heteroatoms. The highest BCUT2D eigenvalue weighted by Crippen LogP contribution is 2.30. The van der Waals surface area contributed by atoms with Crippen molar-refractivity contribution < 1.29 is 9.32 Å². The highest BCUT2D eigenvalue weighted by molar-refractivity contribution is 5.76. The Hall–Kier alpha value is -2.18. The van der Waals surface area contributed by atoms with Gasteiger partial charge in [-0.2, -0.15) is 4.98 Å². The minimum Gasteiger partial charge on any atom is -0.337 e. The van der Waals surface area contributed by atoms with Crippen molar-refractivity contribution in [1.82, 2.24) is 24.6 Å². The maximum Gasteiger partial charge on any atom is 0.249 e. The lowest BCUT2D eigenvalue weighted by molar-refractivity contribution is -0.136. The average molecular weight is 303 g/mol. The van der Waals surface area contributed by atoms with Crippen molar-refractivity contribution in [3.05, 3.63) is 29.9 Å². The van der Waals surface area contributed by atoms with E-state index in [1.165, 1.54) is 0 Å². The molecular formula is C15H21N5O2. The Balaban J connectivity index is 1.77. The Kier molecular flexibility index (Phi) is 4.22. The first-order valence-corrected chi connectivity index (χ1v) is 7.78. The molecule has 0 aliphatic carbocycles. The second-order valence-corrected chi connectivity index (χ2v) is 5.60. The normalized spacial score (nSPS) is 18.6. The van der Waals surface area contributed by atoms with Gasteiger partial charge >= 0.3 is 0 Å². The number of amides is 1. The lowest BCUT2D eigenvalue weighted by Crippen LogP contribution is -2.40. The van der Waals surface area contributed by atoms with Crippen LogP contribution in [-0.2, 0) is 17.8 Å². The molecule has 1 aliphatic heterocycles. The summed E-state index contributed by atoms with van der Waals surface area (Å²) in [4.78, 5) is 23.1. The predicted octanol–water partition coefficient (Wildman–Crippen LogP) is 1.89. The Morgan fingerprint density at radius 1 is 1.45 bits per heavy atom. The van der Waals surface area contributed by atoms with E-state index < -0.39 is 0 Å². The summed E-state index contributed by atoms with van der Waals surface area (Å²) >= 11 is 0. The van der Waals surface area contributed by atoms with Crippen LogP contribution >= 0.6 is 0 Å². The largest absolute Gasteiger partial charge is 0.337 e. The molecule has 0 bridgehead atoms. The van der Waals surface area contributed by atoms with Gasteiger partial charge in [0.25, 0.3) is 0 Å². The van der Waals surface area contributed by atoms with E-state index in [4.69, 9.17) is 4.52 Å². The summed E-state index contributed by atoms with van der Waals surface area (Å²) in [7, 11) is 0. The third-order valence-electron chi connectivity index (χ3n) is 4.14. The van der Waals surface area contributed by atoms with Gasteiger partial charge in [-0.3, -0.25) is 4.79 Å². The third-order valence-corrected chi connectivity index (χ3v) is 4.14. The first kappa shape index (κ1) is 14.7. The van der Waals surface area contributed by atoms with Crippen LogP contribution in [0.25, 0.3) is 0 Å². The van der Waals surface area contributed by atoms with Crippen LogP contribution in [0.15, 0.2) is 16.9 Å². The molecule has 1 atom stereocenters. The maximum absolute atomic E-state index is 12.7. The number of aryl methyl sites for hydroxylation is 2. The molecule has 0 aromatic carbocycles. The van der Waals surface area contributed by atoms with Gasteiger partial charge in [0.15, 0.2) is 5.82 Å². The van der Waals surface area contributed by atoms with Gasteiger partial charge in [0.05, 0.1) is 0 Å². The molecule has 0 N–H and O–H groups in total. The van der Waals surface area contributed by atoms with E-state index in [2.05, 4.69) is 15.1 Å². The number of nitrogens with zero attached hydrogens (tertiary/aromatic N) is 5. The van der Waals surface area contributed by atoms with Crippen molar-refractivity contribution in [2.24, 2.45) is 0 Å². The van der Waals surface area contributed by atoms with Crippen LogP contribution in [0.3, 0.4) is 0 Å². The van der Waals surface area contributed by atoms with Crippen LogP contribution in [0.2, 0.25) is 0 Å². The van der Waals surface area contributed by atoms with Crippen LogP contribution in [0.4, 0.5) is 0 Å². The van der Waals surface area contributed by atoms with Gasteiger partial charge in [-0.1, -0.05) is 12.1 Å². The number of piperidine rings is 1. The number of hydrogen-bond acceptors (Lipinski definition) is 5. The molecule has 22 heavy (non-hydrogen) atoms. The fourth-order valence-corrected chi connectivity index (χ4v) is 2.84. The minimum atomic E-state index is -0.0992. The molecule has 2 aromatic rings. The molecule has 0 radical (unpaired) electrons. The molecule has 1 fully saturated rings. The SMILES string of the molecule is CCc1noc(C2CCCCN2C(=O)Cn2ccnc2C)n1. The van der Waals surface area contributed by atoms with Crippen molar-refractivity contribution in [2.45, 2.75) is 52.1 Å². The van der Waals surface area contributed by atoms with Crippen LogP contribution in [0.1, 0.15) is 49.8 Å². The van der Waals surface area contributed by atoms with Gasteiger partial charge < -0.3 is 14.0 Å². The highest BCUT2D eigenvalue weighted by Gasteiger charge is 2.32. The van der Waals surface area contributed by atoms with E-state index in [-0.39, 0.29) is 11.9 Å². The molecule has 1 amide bonds. The van der Waals surface area contributed by atoms with E-state index >= 15 is 0 Å². The van der Waals surface area contributed by atoms with Crippen molar-refractivity contribution in [1.29, 1.82) is 0 Å². The Morgan fingerprint density at radius 3 is 3.00 bits per heavy atom. The quantitative estimate of drug-likeness (QED) is 0.862. The Morgan fingerprint density at radius 2 is 2.32 bits per heavy atom. The van der Waals surface area contributed by atoms with Gasteiger partial charge in [0, 0.05) is 25.4 Å². The molecule has 1 saturated heterocycles. The minimum absolute atomic E-state index is 0.0713. The molecule has 0 saturated carbocycles. The number of aromatic nitrogens is 4. The number of carbonyl (C=O) groups is 1. The van der Waals surface area contributed by atoms with Crippen molar-refractivity contribution >= 4 is 5.91 Å². The molecule has 2 aromatic heterocycles. The van der Waals surface area contributed by atoms with Gasteiger partial charge in [0.1, 0.15) is 18.4 Å². The smallest absolute Gasteiger partial charge is 0.249 e. The number of likely N-dealkylation sites (tertiary alicyclic amines) is 1. The number of carbonyl (C=O) groups excluding carboxylic acids is 1. The molecule has 0 spiro atoms. The Bertz CT molecular complexity index is 648. The van der Waals surface area contributed by atoms with Gasteiger partial charge in [-0.15, -0.1) is 0 Å². The number of rotatable bonds is 4. The molecule has 3 heterocycles. The summed E-state index contributed by atoms with van der Waals surface area (Å²) in [6.07, 6.45) is 7.23. The summed E-state index contributed by atoms with van der Waals surface area (Å²) < 4.78 is 7.22. The van der Waals surface area contributed by atoms with E-state index in [0.717, 1.165) is 38.1 Å². The fraction of sp³-hybridized carbons (Fsp3) is 0.600. The maximum atomic E-state index is 12.7. The summed E-state index contributed by atoms with van der Waals surface area (Å²) in [6.45, 7) is 4.92. The van der Waals surface area contributed by atoms with Gasteiger partial charge in [-0.25, -0.2) is 4.98 Å². The van der Waals surface area contributed by atoms with E-state index in [1.807, 2.05) is 29.5 Å². The standard InChI is InChI=1S/C15H21N5O2/c1-3-13-17-15(22-18-13)12-6-4-5-8-20(12)14(21)10-19-9-7-16-11(19)2/h7,9,12H,3-6,8,10H2,1-2H3. The highest BCUT2D eigenvalue weighted by atomic mass is 16.5. The van der Waals surface area contributed by atoms with Crippen molar-refractivity contribution in [2.75, 3.05) is 6.54 Å². The van der Waals surface area contributed by atoms with Gasteiger partial charge in [0.2, 0.25) is 11.8 Å². The number of hydrogen-bond donors (Lipinski definition) is 0. The summed E-state index contributed by atoms with van der Waals surface area (Å²) in [5.74, 6) is 2.17. The topological polar surface area (TPSA) is 77.0 Å². The molecule has 1 unspecified atom stereocenters. The zero-order valence-corrected chi connectivity index (χ0v) is 13.0. The van der Waals surface area contributed by atoms with Gasteiger partial charge in [-0.05, 0) is 26.2 Å². The average Bonchev–Trinajstić information content (AvgIpc) is 3.17. The van der Waals surface area contributed by atoms with Crippen molar-refractivity contribution in [3.63, 3.8) is 0 Å². The first-order valence-electron chi connectivity index (χ1n) is 7.78. The lowest BCUT2D eigenvalue weighted by Gasteiger charge is -2.33. The first-order chi connectivity index (χ1) is 10.7. The summed E-state index contributed by atoms with van der Waals surface area (Å²) in [5.41, 5.74) is 0. The fourth-order valence-electron chi connectivity index (χ4n) is 2.84. The Labute approximate surface area is 129 Å². The summed E-state index contributed by atoms with van der Waals surface area (Å²) in [5, 5.41) is 3.95. The molecule has 1 aliphatic rings. The van der Waals surface area contributed by atoms with E-state index in [9.17, 15) is 4.79 Å². The van der Waals surface area contributed by atoms with Crippen LogP contribution in [0.5, 0.6) is 0 Å². The third kappa shape index (κ3) is 2.88. The molecule has 3 rings (SSSR count). The zero-order chi connectivity index (χ0) is 15.5. The molecule has 7 nitrogen and oxygen atoms in total. The number of imidazole rings is 1. The monoisotopic (exact) mass is 303 g/mol. The van der Waals surface area contributed by atoms with Crippen LogP contribution in [0, 0.1) is 6.92 Å².